The second kappa shape index (κ2) is 5.66. The van der Waals surface area contributed by atoms with Gasteiger partial charge in [-0.15, -0.1) is 0 Å². The van der Waals surface area contributed by atoms with Gasteiger partial charge >= 0.3 is 0 Å². The Hall–Kier alpha value is -2.15. The fourth-order valence-electron chi connectivity index (χ4n) is 1.70. The van der Waals surface area contributed by atoms with Gasteiger partial charge < -0.3 is 16.0 Å². The zero-order valence-electron chi connectivity index (χ0n) is 10.8. The van der Waals surface area contributed by atoms with E-state index in [1.54, 1.807) is 13.2 Å². The molecule has 0 fully saturated rings. The summed E-state index contributed by atoms with van der Waals surface area (Å²) in [6.07, 6.45) is 1.74. The third-order valence-electron chi connectivity index (χ3n) is 2.63. The van der Waals surface area contributed by atoms with Crippen molar-refractivity contribution in [1.29, 1.82) is 0 Å². The first kappa shape index (κ1) is 13.3. The van der Waals surface area contributed by atoms with Gasteiger partial charge in [-0.3, -0.25) is 9.78 Å². The second-order valence-electron chi connectivity index (χ2n) is 4.00. The van der Waals surface area contributed by atoms with Crippen molar-refractivity contribution in [3.63, 3.8) is 0 Å². The standard InChI is InChI=1S/C12H15N5OS/c1-14-11(18)9-10(13)16-19-12(9)17(2)7-8-5-3-4-6-15-8/h3-6H,7H2,1-2H3,(H2,13,16)(H,14,18). The van der Waals surface area contributed by atoms with Gasteiger partial charge in [0.2, 0.25) is 0 Å². The zero-order chi connectivity index (χ0) is 13.8. The highest BCUT2D eigenvalue weighted by molar-refractivity contribution is 7.11. The molecule has 19 heavy (non-hydrogen) atoms. The predicted molar refractivity (Wildman–Crippen MR) is 76.3 cm³/mol. The number of hydrogen-bond acceptors (Lipinski definition) is 6. The summed E-state index contributed by atoms with van der Waals surface area (Å²) < 4.78 is 4.04. The van der Waals surface area contributed by atoms with E-state index < -0.39 is 0 Å². The minimum Gasteiger partial charge on any atom is -0.382 e. The van der Waals surface area contributed by atoms with Crippen LogP contribution in [-0.2, 0) is 6.54 Å². The summed E-state index contributed by atoms with van der Waals surface area (Å²) in [6.45, 7) is 0.590. The Labute approximate surface area is 115 Å². The number of pyridine rings is 1. The van der Waals surface area contributed by atoms with Gasteiger partial charge in [0.1, 0.15) is 10.6 Å². The lowest BCUT2D eigenvalue weighted by Crippen LogP contribution is -2.23. The Bertz CT molecular complexity index is 569. The molecule has 1 amide bonds. The molecular formula is C12H15N5OS. The topological polar surface area (TPSA) is 84.1 Å². The molecule has 0 aliphatic carbocycles. The van der Waals surface area contributed by atoms with Crippen LogP contribution in [0.25, 0.3) is 0 Å². The van der Waals surface area contributed by atoms with Crippen molar-refractivity contribution in [2.45, 2.75) is 6.54 Å². The summed E-state index contributed by atoms with van der Waals surface area (Å²) in [6, 6.07) is 5.72. The highest BCUT2D eigenvalue weighted by Crippen LogP contribution is 2.30. The third-order valence-corrected chi connectivity index (χ3v) is 3.60. The number of carbonyl (C=O) groups excluding carboxylic acids is 1. The molecule has 2 aromatic heterocycles. The van der Waals surface area contributed by atoms with E-state index in [2.05, 4.69) is 14.7 Å². The number of rotatable bonds is 4. The van der Waals surface area contributed by atoms with E-state index in [-0.39, 0.29) is 11.7 Å². The highest BCUT2D eigenvalue weighted by Gasteiger charge is 2.21. The summed E-state index contributed by atoms with van der Waals surface area (Å²) in [5, 5.41) is 3.31. The summed E-state index contributed by atoms with van der Waals surface area (Å²) in [5.41, 5.74) is 7.08. The maximum absolute atomic E-state index is 11.8. The van der Waals surface area contributed by atoms with E-state index in [4.69, 9.17) is 5.73 Å². The number of hydrogen-bond donors (Lipinski definition) is 2. The van der Waals surface area contributed by atoms with Gasteiger partial charge in [0.15, 0.2) is 5.82 Å². The van der Waals surface area contributed by atoms with Crippen molar-refractivity contribution in [2.75, 3.05) is 24.7 Å². The lowest BCUT2D eigenvalue weighted by Gasteiger charge is -2.17. The van der Waals surface area contributed by atoms with Crippen molar-refractivity contribution in [3.05, 3.63) is 35.7 Å². The van der Waals surface area contributed by atoms with E-state index in [0.717, 1.165) is 10.7 Å². The summed E-state index contributed by atoms with van der Waals surface area (Å²) in [5.74, 6) is 0.0290. The SMILES string of the molecule is CNC(=O)c1c(N)nsc1N(C)Cc1ccccn1. The second-order valence-corrected chi connectivity index (χ2v) is 4.76. The monoisotopic (exact) mass is 277 g/mol. The van der Waals surface area contributed by atoms with Crippen molar-refractivity contribution >= 4 is 28.3 Å². The normalized spacial score (nSPS) is 10.2. The van der Waals surface area contributed by atoms with Crippen LogP contribution in [0.5, 0.6) is 0 Å². The molecule has 3 N–H and O–H groups in total. The number of nitrogen functional groups attached to an aromatic ring is 1. The zero-order valence-corrected chi connectivity index (χ0v) is 11.6. The molecule has 2 rings (SSSR count). The minimum absolute atomic E-state index is 0.228. The number of amides is 1. The van der Waals surface area contributed by atoms with Crippen LogP contribution < -0.4 is 16.0 Å². The Kier molecular flexibility index (Phi) is 3.96. The van der Waals surface area contributed by atoms with Gasteiger partial charge in [0.05, 0.1) is 12.2 Å². The average Bonchev–Trinajstić information content (AvgIpc) is 2.81. The van der Waals surface area contributed by atoms with Crippen LogP contribution in [-0.4, -0.2) is 29.4 Å². The molecule has 0 saturated heterocycles. The number of nitrogens with two attached hydrogens (primary N) is 1. The first-order chi connectivity index (χ1) is 9.13. The molecule has 100 valence electrons. The molecule has 0 aliphatic rings. The molecule has 0 bridgehead atoms. The van der Waals surface area contributed by atoms with Gasteiger partial charge in [0.25, 0.3) is 5.91 Å². The average molecular weight is 277 g/mol. The van der Waals surface area contributed by atoms with Gasteiger partial charge in [0, 0.05) is 20.3 Å². The summed E-state index contributed by atoms with van der Waals surface area (Å²) in [4.78, 5) is 18.0. The molecule has 0 spiro atoms. The molecule has 2 heterocycles. The third kappa shape index (κ3) is 2.82. The Morgan fingerprint density at radius 1 is 1.53 bits per heavy atom. The Morgan fingerprint density at radius 2 is 2.32 bits per heavy atom. The molecule has 0 atom stereocenters. The van der Waals surface area contributed by atoms with Crippen molar-refractivity contribution < 1.29 is 4.79 Å². The van der Waals surface area contributed by atoms with Gasteiger partial charge in [-0.2, -0.15) is 4.37 Å². The molecular weight excluding hydrogens is 262 g/mol. The fourth-order valence-corrected chi connectivity index (χ4v) is 2.47. The lowest BCUT2D eigenvalue weighted by atomic mass is 10.2. The first-order valence-electron chi connectivity index (χ1n) is 5.71. The summed E-state index contributed by atoms with van der Waals surface area (Å²) in [7, 11) is 3.45. The number of nitrogens with zero attached hydrogens (tertiary/aromatic N) is 3. The Morgan fingerprint density at radius 3 is 2.95 bits per heavy atom. The molecule has 6 nitrogen and oxygen atoms in total. The van der Waals surface area contributed by atoms with E-state index in [1.807, 2.05) is 30.1 Å². The fraction of sp³-hybridized carbons (Fsp3) is 0.250. The number of anilines is 2. The van der Waals surface area contributed by atoms with Crippen molar-refractivity contribution in [2.24, 2.45) is 0 Å². The van der Waals surface area contributed by atoms with Crippen molar-refractivity contribution in [3.8, 4) is 0 Å². The first-order valence-corrected chi connectivity index (χ1v) is 6.49. The lowest BCUT2D eigenvalue weighted by molar-refractivity contribution is 0.0964. The molecule has 0 aliphatic heterocycles. The van der Waals surface area contributed by atoms with Crippen LogP contribution in [0.4, 0.5) is 10.8 Å². The van der Waals surface area contributed by atoms with E-state index >= 15 is 0 Å². The van der Waals surface area contributed by atoms with Gasteiger partial charge in [-0.1, -0.05) is 6.07 Å². The maximum atomic E-state index is 11.8. The van der Waals surface area contributed by atoms with Gasteiger partial charge in [-0.25, -0.2) is 0 Å². The smallest absolute Gasteiger partial charge is 0.257 e. The predicted octanol–water partition coefficient (Wildman–Crippen LogP) is 1.12. The number of nitrogens with one attached hydrogen (secondary N) is 1. The van der Waals surface area contributed by atoms with Gasteiger partial charge in [-0.05, 0) is 23.7 Å². The molecule has 0 unspecified atom stereocenters. The van der Waals surface area contributed by atoms with Crippen LogP contribution in [0.15, 0.2) is 24.4 Å². The van der Waals surface area contributed by atoms with Crippen LogP contribution >= 0.6 is 11.5 Å². The minimum atomic E-state index is -0.228. The summed E-state index contributed by atoms with van der Waals surface area (Å²) >= 11 is 1.21. The molecule has 0 saturated carbocycles. The van der Waals surface area contributed by atoms with Crippen LogP contribution in [0, 0.1) is 0 Å². The number of carbonyl (C=O) groups is 1. The van der Waals surface area contributed by atoms with Crippen LogP contribution in [0.1, 0.15) is 16.1 Å². The van der Waals surface area contributed by atoms with E-state index in [0.29, 0.717) is 12.1 Å². The Balaban J connectivity index is 2.24. The molecule has 7 heteroatoms. The molecule has 0 radical (unpaired) electrons. The molecule has 2 aromatic rings. The van der Waals surface area contributed by atoms with Crippen LogP contribution in [0.2, 0.25) is 0 Å². The van der Waals surface area contributed by atoms with E-state index in [9.17, 15) is 4.79 Å². The molecule has 0 aromatic carbocycles. The van der Waals surface area contributed by atoms with E-state index in [1.165, 1.54) is 11.5 Å². The van der Waals surface area contributed by atoms with Crippen LogP contribution in [0.3, 0.4) is 0 Å². The maximum Gasteiger partial charge on any atom is 0.257 e. The largest absolute Gasteiger partial charge is 0.382 e. The number of aromatic nitrogens is 2. The highest BCUT2D eigenvalue weighted by atomic mass is 32.1. The van der Waals surface area contributed by atoms with Crippen molar-refractivity contribution in [1.82, 2.24) is 14.7 Å². The quantitative estimate of drug-likeness (QED) is 0.874.